The van der Waals surface area contributed by atoms with Gasteiger partial charge in [-0.05, 0) is 50.0 Å². The van der Waals surface area contributed by atoms with Crippen LogP contribution in [0.1, 0.15) is 24.0 Å². The molecule has 1 heterocycles. The summed E-state index contributed by atoms with van der Waals surface area (Å²) in [5.41, 5.74) is 2.47. The normalized spacial score (nSPS) is 17.2. The van der Waals surface area contributed by atoms with Crippen LogP contribution in [0.3, 0.4) is 0 Å². The van der Waals surface area contributed by atoms with Crippen molar-refractivity contribution in [3.63, 3.8) is 0 Å². The van der Waals surface area contributed by atoms with Gasteiger partial charge in [-0.15, -0.1) is 0 Å². The number of para-hydroxylation sites is 1. The van der Waals surface area contributed by atoms with Gasteiger partial charge in [0.15, 0.2) is 0 Å². The lowest BCUT2D eigenvalue weighted by Crippen LogP contribution is -2.45. The van der Waals surface area contributed by atoms with Crippen molar-refractivity contribution >= 4 is 0 Å². The molecule has 26 heavy (non-hydrogen) atoms. The van der Waals surface area contributed by atoms with Crippen LogP contribution in [-0.4, -0.2) is 48.4 Å². The Labute approximate surface area is 156 Å². The number of rotatable bonds is 8. The number of piperidine rings is 1. The number of hydrogen-bond donors (Lipinski definition) is 2. The van der Waals surface area contributed by atoms with Crippen molar-refractivity contribution < 1.29 is 9.84 Å². The smallest absolute Gasteiger partial charge is 0.122 e. The minimum Gasteiger partial charge on any atom is -0.491 e. The van der Waals surface area contributed by atoms with Gasteiger partial charge in [-0.3, -0.25) is 4.90 Å². The van der Waals surface area contributed by atoms with E-state index in [1.807, 2.05) is 31.2 Å². The molecular formula is C22H30N2O2. The summed E-state index contributed by atoms with van der Waals surface area (Å²) in [6.07, 6.45) is 1.76. The molecule has 1 aliphatic heterocycles. The van der Waals surface area contributed by atoms with Crippen molar-refractivity contribution in [1.82, 2.24) is 10.2 Å². The third kappa shape index (κ3) is 5.84. The van der Waals surface area contributed by atoms with E-state index in [1.54, 1.807) is 0 Å². The molecule has 2 aromatic carbocycles. The molecule has 140 valence electrons. The summed E-state index contributed by atoms with van der Waals surface area (Å²) in [5, 5.41) is 13.7. The number of ether oxygens (including phenoxy) is 1. The van der Waals surface area contributed by atoms with Crippen molar-refractivity contribution in [1.29, 1.82) is 0 Å². The standard InChI is InChI=1S/C22H30N2O2/c1-18-7-5-6-10-22(18)26-17-21(25)15-23-20-11-13-24(14-12-20)16-19-8-3-2-4-9-19/h2-10,20-21,23,25H,11-17H2,1H3/t21-/m1/s1. The molecule has 1 fully saturated rings. The molecule has 1 saturated heterocycles. The number of nitrogens with one attached hydrogen (secondary N) is 1. The lowest BCUT2D eigenvalue weighted by atomic mass is 10.0. The third-order valence-electron chi connectivity index (χ3n) is 5.00. The van der Waals surface area contributed by atoms with E-state index in [2.05, 4.69) is 40.5 Å². The van der Waals surface area contributed by atoms with Crippen LogP contribution in [0.4, 0.5) is 0 Å². The molecule has 1 atom stereocenters. The number of likely N-dealkylation sites (tertiary alicyclic amines) is 1. The third-order valence-corrected chi connectivity index (χ3v) is 5.00. The van der Waals surface area contributed by atoms with Crippen molar-refractivity contribution in [3.8, 4) is 5.75 Å². The van der Waals surface area contributed by atoms with Gasteiger partial charge < -0.3 is 15.2 Å². The summed E-state index contributed by atoms with van der Waals surface area (Å²) >= 11 is 0. The molecule has 3 rings (SSSR count). The summed E-state index contributed by atoms with van der Waals surface area (Å²) in [5.74, 6) is 0.848. The summed E-state index contributed by atoms with van der Waals surface area (Å²) in [6.45, 7) is 6.15. The summed E-state index contributed by atoms with van der Waals surface area (Å²) in [7, 11) is 0. The van der Waals surface area contributed by atoms with Crippen LogP contribution in [0.15, 0.2) is 54.6 Å². The Bertz CT molecular complexity index is 654. The zero-order valence-corrected chi connectivity index (χ0v) is 15.6. The summed E-state index contributed by atoms with van der Waals surface area (Å²) in [4.78, 5) is 2.51. The maximum absolute atomic E-state index is 10.2. The Morgan fingerprint density at radius 3 is 2.50 bits per heavy atom. The molecule has 4 heteroatoms. The fourth-order valence-corrected chi connectivity index (χ4v) is 3.40. The van der Waals surface area contributed by atoms with Gasteiger partial charge in [-0.25, -0.2) is 0 Å². The minimum atomic E-state index is -0.489. The molecule has 0 aliphatic carbocycles. The number of aryl methyl sites for hydroxylation is 1. The molecule has 0 unspecified atom stereocenters. The Balaban J connectivity index is 1.32. The zero-order chi connectivity index (χ0) is 18.2. The average molecular weight is 354 g/mol. The van der Waals surface area contributed by atoms with Gasteiger partial charge in [-0.1, -0.05) is 48.5 Å². The number of nitrogens with zero attached hydrogens (tertiary/aromatic N) is 1. The van der Waals surface area contributed by atoms with E-state index in [9.17, 15) is 5.11 Å². The Kier molecular flexibility index (Phi) is 7.06. The molecule has 2 N–H and O–H groups in total. The first-order valence-electron chi connectivity index (χ1n) is 9.57. The number of aliphatic hydroxyl groups excluding tert-OH is 1. The number of hydrogen-bond acceptors (Lipinski definition) is 4. The van der Waals surface area contributed by atoms with Crippen molar-refractivity contribution in [2.24, 2.45) is 0 Å². The van der Waals surface area contributed by atoms with E-state index in [-0.39, 0.29) is 0 Å². The van der Waals surface area contributed by atoms with Crippen LogP contribution in [0.5, 0.6) is 5.75 Å². The maximum Gasteiger partial charge on any atom is 0.122 e. The second-order valence-corrected chi connectivity index (χ2v) is 7.17. The average Bonchev–Trinajstić information content (AvgIpc) is 2.68. The highest BCUT2D eigenvalue weighted by Gasteiger charge is 2.19. The van der Waals surface area contributed by atoms with Crippen molar-refractivity contribution in [2.75, 3.05) is 26.2 Å². The molecule has 4 nitrogen and oxygen atoms in total. The van der Waals surface area contributed by atoms with Crippen LogP contribution in [-0.2, 0) is 6.54 Å². The van der Waals surface area contributed by atoms with E-state index >= 15 is 0 Å². The largest absolute Gasteiger partial charge is 0.491 e. The molecule has 0 amide bonds. The van der Waals surface area contributed by atoms with E-state index < -0.39 is 6.10 Å². The van der Waals surface area contributed by atoms with Gasteiger partial charge in [0.2, 0.25) is 0 Å². The van der Waals surface area contributed by atoms with E-state index in [0.717, 1.165) is 43.8 Å². The lowest BCUT2D eigenvalue weighted by molar-refractivity contribution is 0.0976. The Morgan fingerprint density at radius 1 is 1.08 bits per heavy atom. The second kappa shape index (κ2) is 9.72. The lowest BCUT2D eigenvalue weighted by Gasteiger charge is -2.33. The summed E-state index contributed by atoms with van der Waals surface area (Å²) in [6, 6.07) is 19.0. The molecular weight excluding hydrogens is 324 g/mol. The van der Waals surface area contributed by atoms with Crippen LogP contribution in [0.25, 0.3) is 0 Å². The fraction of sp³-hybridized carbons (Fsp3) is 0.455. The Morgan fingerprint density at radius 2 is 1.77 bits per heavy atom. The van der Waals surface area contributed by atoms with Crippen molar-refractivity contribution in [3.05, 3.63) is 65.7 Å². The van der Waals surface area contributed by atoms with Gasteiger partial charge in [0.05, 0.1) is 0 Å². The van der Waals surface area contributed by atoms with E-state index in [1.165, 1.54) is 5.56 Å². The quantitative estimate of drug-likeness (QED) is 0.765. The van der Waals surface area contributed by atoms with E-state index in [4.69, 9.17) is 4.74 Å². The topological polar surface area (TPSA) is 44.7 Å². The first kappa shape index (κ1) is 18.9. The maximum atomic E-state index is 10.2. The minimum absolute atomic E-state index is 0.324. The highest BCUT2D eigenvalue weighted by Crippen LogP contribution is 2.16. The first-order valence-corrected chi connectivity index (χ1v) is 9.57. The summed E-state index contributed by atoms with van der Waals surface area (Å²) < 4.78 is 5.72. The highest BCUT2D eigenvalue weighted by molar-refractivity contribution is 5.31. The van der Waals surface area contributed by atoms with Gasteiger partial charge >= 0.3 is 0 Å². The second-order valence-electron chi connectivity index (χ2n) is 7.17. The molecule has 1 aliphatic rings. The van der Waals surface area contributed by atoms with E-state index in [0.29, 0.717) is 19.2 Å². The molecule has 0 aromatic heterocycles. The van der Waals surface area contributed by atoms with Gasteiger partial charge in [0.25, 0.3) is 0 Å². The van der Waals surface area contributed by atoms with Crippen molar-refractivity contribution in [2.45, 2.75) is 38.5 Å². The van der Waals surface area contributed by atoms with Gasteiger partial charge in [0.1, 0.15) is 18.5 Å². The monoisotopic (exact) mass is 354 g/mol. The van der Waals surface area contributed by atoms with Gasteiger partial charge in [-0.2, -0.15) is 0 Å². The highest BCUT2D eigenvalue weighted by atomic mass is 16.5. The molecule has 2 aromatic rings. The molecule has 0 saturated carbocycles. The number of aliphatic hydroxyl groups is 1. The molecule has 0 bridgehead atoms. The molecule has 0 spiro atoms. The van der Waals surface area contributed by atoms with Crippen LogP contribution in [0.2, 0.25) is 0 Å². The van der Waals surface area contributed by atoms with Crippen LogP contribution < -0.4 is 10.1 Å². The molecule has 0 radical (unpaired) electrons. The zero-order valence-electron chi connectivity index (χ0n) is 15.6. The van der Waals surface area contributed by atoms with Crippen LogP contribution >= 0.6 is 0 Å². The van der Waals surface area contributed by atoms with Gasteiger partial charge in [0, 0.05) is 19.1 Å². The first-order chi connectivity index (χ1) is 12.7. The predicted molar refractivity (Wildman–Crippen MR) is 105 cm³/mol. The Hall–Kier alpha value is -1.88. The SMILES string of the molecule is Cc1ccccc1OC[C@H](O)CNC1CCN(Cc2ccccc2)CC1. The number of benzene rings is 2. The fourth-order valence-electron chi connectivity index (χ4n) is 3.40. The predicted octanol–water partition coefficient (Wildman–Crippen LogP) is 2.99. The van der Waals surface area contributed by atoms with Crippen LogP contribution in [0, 0.1) is 6.92 Å².